The highest BCUT2D eigenvalue weighted by molar-refractivity contribution is 5.16. The SMILES string of the molecule is OCC1CC2CC1C1C3CC(C4CCC(CO)C43)C21. The number of rotatable bonds is 2. The first-order valence-electron chi connectivity index (χ1n) is 8.55. The maximum Gasteiger partial charge on any atom is 0.0462 e. The zero-order valence-corrected chi connectivity index (χ0v) is 11.6. The van der Waals surface area contributed by atoms with Gasteiger partial charge in [0, 0.05) is 13.2 Å². The van der Waals surface area contributed by atoms with Crippen molar-refractivity contribution in [3.63, 3.8) is 0 Å². The van der Waals surface area contributed by atoms with E-state index in [2.05, 4.69) is 0 Å². The molecule has 2 nitrogen and oxygen atoms in total. The highest BCUT2D eigenvalue weighted by atomic mass is 16.3. The van der Waals surface area contributed by atoms with Crippen LogP contribution in [-0.4, -0.2) is 23.4 Å². The number of hydrogen-bond acceptors (Lipinski definition) is 2. The molecule has 5 saturated carbocycles. The van der Waals surface area contributed by atoms with Crippen LogP contribution in [0.15, 0.2) is 0 Å². The third-order valence-electron chi connectivity index (χ3n) is 8.23. The van der Waals surface area contributed by atoms with Crippen molar-refractivity contribution >= 4 is 0 Å². The van der Waals surface area contributed by atoms with E-state index in [1.165, 1.54) is 32.1 Å². The lowest BCUT2D eigenvalue weighted by Crippen LogP contribution is -2.41. The summed E-state index contributed by atoms with van der Waals surface area (Å²) in [4.78, 5) is 0. The molecule has 2 N–H and O–H groups in total. The van der Waals surface area contributed by atoms with Gasteiger partial charge in [-0.2, -0.15) is 0 Å². The van der Waals surface area contributed by atoms with E-state index in [1.54, 1.807) is 0 Å². The monoisotopic (exact) mass is 262 g/mol. The Hall–Kier alpha value is -0.0800. The molecular formula is C17H26O2. The van der Waals surface area contributed by atoms with Gasteiger partial charge in [0.05, 0.1) is 0 Å². The molecule has 19 heavy (non-hydrogen) atoms. The normalized spacial score (nSPS) is 64.7. The summed E-state index contributed by atoms with van der Waals surface area (Å²) in [6.45, 7) is 0.860. The van der Waals surface area contributed by atoms with Crippen molar-refractivity contribution in [2.75, 3.05) is 13.2 Å². The van der Waals surface area contributed by atoms with Gasteiger partial charge >= 0.3 is 0 Å². The average Bonchev–Trinajstić information content (AvgIpc) is 3.18. The van der Waals surface area contributed by atoms with Gasteiger partial charge in [-0.1, -0.05) is 0 Å². The summed E-state index contributed by atoms with van der Waals surface area (Å²) in [6.07, 6.45) is 6.92. The largest absolute Gasteiger partial charge is 0.396 e. The first-order chi connectivity index (χ1) is 9.33. The Morgan fingerprint density at radius 2 is 1.47 bits per heavy atom. The van der Waals surface area contributed by atoms with Gasteiger partial charge in [0.25, 0.3) is 0 Å². The Morgan fingerprint density at radius 3 is 2.26 bits per heavy atom. The van der Waals surface area contributed by atoms with E-state index in [1.807, 2.05) is 0 Å². The number of fused-ring (bicyclic) bond motifs is 12. The molecule has 4 bridgehead atoms. The molecule has 0 aromatic carbocycles. The van der Waals surface area contributed by atoms with Crippen LogP contribution >= 0.6 is 0 Å². The Bertz CT molecular complexity index is 395. The highest BCUT2D eigenvalue weighted by Crippen LogP contribution is 2.74. The molecule has 0 saturated heterocycles. The van der Waals surface area contributed by atoms with E-state index in [-0.39, 0.29) is 0 Å². The fourth-order valence-electron chi connectivity index (χ4n) is 8.06. The fourth-order valence-corrected chi connectivity index (χ4v) is 8.06. The third kappa shape index (κ3) is 1.22. The number of aliphatic hydroxyl groups is 2. The summed E-state index contributed by atoms with van der Waals surface area (Å²) in [5, 5.41) is 19.3. The van der Waals surface area contributed by atoms with Crippen molar-refractivity contribution in [3.05, 3.63) is 0 Å². The molecule has 0 aromatic heterocycles. The van der Waals surface area contributed by atoms with Crippen molar-refractivity contribution in [1.82, 2.24) is 0 Å². The fraction of sp³-hybridized carbons (Fsp3) is 1.00. The predicted molar refractivity (Wildman–Crippen MR) is 72.2 cm³/mol. The Morgan fingerprint density at radius 1 is 0.632 bits per heavy atom. The molecule has 0 heterocycles. The van der Waals surface area contributed by atoms with Crippen molar-refractivity contribution in [1.29, 1.82) is 0 Å². The Kier molecular flexibility index (Phi) is 2.29. The molecule has 0 amide bonds. The molecule has 0 radical (unpaired) electrons. The lowest BCUT2D eigenvalue weighted by atomic mass is 9.61. The second-order valence-electron chi connectivity index (χ2n) is 8.32. The summed E-state index contributed by atoms with van der Waals surface area (Å²) in [5.74, 6) is 8.75. The summed E-state index contributed by atoms with van der Waals surface area (Å²) < 4.78 is 0. The number of aliphatic hydroxyl groups excluding tert-OH is 2. The second-order valence-corrected chi connectivity index (χ2v) is 8.32. The average molecular weight is 262 g/mol. The molecule has 5 rings (SSSR count). The quantitative estimate of drug-likeness (QED) is 0.749. The highest BCUT2D eigenvalue weighted by Gasteiger charge is 2.68. The first-order valence-corrected chi connectivity index (χ1v) is 8.55. The second kappa shape index (κ2) is 3.76. The van der Waals surface area contributed by atoms with Gasteiger partial charge < -0.3 is 10.2 Å². The van der Waals surface area contributed by atoms with Gasteiger partial charge in [-0.05, 0) is 91.3 Å². The van der Waals surface area contributed by atoms with Crippen LogP contribution in [0.2, 0.25) is 0 Å². The molecule has 0 spiro atoms. The molecule has 10 atom stereocenters. The molecule has 5 fully saturated rings. The molecule has 0 aliphatic heterocycles. The van der Waals surface area contributed by atoms with Gasteiger partial charge in [0.15, 0.2) is 0 Å². The third-order valence-corrected chi connectivity index (χ3v) is 8.23. The van der Waals surface area contributed by atoms with E-state index in [9.17, 15) is 10.2 Å². The van der Waals surface area contributed by atoms with Gasteiger partial charge in [-0.3, -0.25) is 0 Å². The van der Waals surface area contributed by atoms with Crippen LogP contribution in [0, 0.1) is 59.2 Å². The summed E-state index contributed by atoms with van der Waals surface area (Å²) in [6, 6.07) is 0. The van der Waals surface area contributed by atoms with Gasteiger partial charge in [0.1, 0.15) is 0 Å². The maximum atomic E-state index is 9.67. The van der Waals surface area contributed by atoms with E-state index < -0.39 is 0 Å². The van der Waals surface area contributed by atoms with Crippen molar-refractivity contribution in [2.24, 2.45) is 59.2 Å². The van der Waals surface area contributed by atoms with Gasteiger partial charge in [-0.25, -0.2) is 0 Å². The van der Waals surface area contributed by atoms with Crippen molar-refractivity contribution in [2.45, 2.75) is 32.1 Å². The molecule has 5 aliphatic carbocycles. The Labute approximate surface area is 115 Å². The molecular weight excluding hydrogens is 236 g/mol. The lowest BCUT2D eigenvalue weighted by molar-refractivity contribution is 0.0114. The van der Waals surface area contributed by atoms with Gasteiger partial charge in [-0.15, -0.1) is 0 Å². The van der Waals surface area contributed by atoms with Crippen LogP contribution in [-0.2, 0) is 0 Å². The van der Waals surface area contributed by atoms with Gasteiger partial charge in [0.2, 0.25) is 0 Å². The van der Waals surface area contributed by atoms with Crippen LogP contribution in [0.1, 0.15) is 32.1 Å². The summed E-state index contributed by atoms with van der Waals surface area (Å²) >= 11 is 0. The van der Waals surface area contributed by atoms with Crippen LogP contribution in [0.5, 0.6) is 0 Å². The van der Waals surface area contributed by atoms with Crippen LogP contribution in [0.3, 0.4) is 0 Å². The minimum atomic E-state index is 0.430. The molecule has 5 aliphatic rings. The number of hydrogen-bond donors (Lipinski definition) is 2. The minimum absolute atomic E-state index is 0.430. The summed E-state index contributed by atoms with van der Waals surface area (Å²) in [7, 11) is 0. The Balaban J connectivity index is 1.49. The predicted octanol–water partition coefficient (Wildman–Crippen LogP) is 2.15. The van der Waals surface area contributed by atoms with Crippen molar-refractivity contribution in [3.8, 4) is 0 Å². The molecule has 2 heteroatoms. The van der Waals surface area contributed by atoms with Crippen molar-refractivity contribution < 1.29 is 10.2 Å². The van der Waals surface area contributed by atoms with E-state index in [4.69, 9.17) is 0 Å². The maximum absolute atomic E-state index is 9.67. The molecule has 0 aromatic rings. The smallest absolute Gasteiger partial charge is 0.0462 e. The zero-order chi connectivity index (χ0) is 12.7. The van der Waals surface area contributed by atoms with E-state index in [0.29, 0.717) is 25.0 Å². The minimum Gasteiger partial charge on any atom is -0.396 e. The first kappa shape index (κ1) is 11.6. The summed E-state index contributed by atoms with van der Waals surface area (Å²) in [5.41, 5.74) is 0. The topological polar surface area (TPSA) is 40.5 Å². The van der Waals surface area contributed by atoms with E-state index >= 15 is 0 Å². The van der Waals surface area contributed by atoms with Crippen LogP contribution in [0.4, 0.5) is 0 Å². The molecule has 10 unspecified atom stereocenters. The molecule has 106 valence electrons. The van der Waals surface area contributed by atoms with Crippen LogP contribution in [0.25, 0.3) is 0 Å². The lowest BCUT2D eigenvalue weighted by Gasteiger charge is -2.44. The van der Waals surface area contributed by atoms with Crippen LogP contribution < -0.4 is 0 Å². The zero-order valence-electron chi connectivity index (χ0n) is 11.6. The van der Waals surface area contributed by atoms with E-state index in [0.717, 1.165) is 47.3 Å². The standard InChI is InChI=1S/C17H26O2/c18-6-8-1-2-11-13-5-14(15(8)11)17-12-4-9(16(13)17)3-10(12)7-19/h8-19H,1-7H2.